The predicted octanol–water partition coefficient (Wildman–Crippen LogP) is 9.47. The molecule has 53 heavy (non-hydrogen) atoms. The van der Waals surface area contributed by atoms with Gasteiger partial charge in [0.2, 0.25) is 0 Å². The Morgan fingerprint density at radius 3 is 2.26 bits per heavy atom. The first kappa shape index (κ1) is 38.4. The average molecular weight is 758 g/mol. The molecule has 6 rings (SSSR count). The summed E-state index contributed by atoms with van der Waals surface area (Å²) in [5, 5.41) is 15.7. The highest BCUT2D eigenvalue weighted by molar-refractivity contribution is 6.76. The minimum absolute atomic E-state index is 0.207. The summed E-state index contributed by atoms with van der Waals surface area (Å²) in [6.45, 7) is 18.4. The number of benzene rings is 3. The Morgan fingerprint density at radius 1 is 0.906 bits per heavy atom. The second-order valence-electron chi connectivity index (χ2n) is 16.2. The molecular formula is C40H52FN5O5Si2. The lowest BCUT2D eigenvalue weighted by atomic mass is 9.96. The van der Waals surface area contributed by atoms with Crippen LogP contribution in [0.1, 0.15) is 29.4 Å². The lowest BCUT2D eigenvalue weighted by Gasteiger charge is -2.17. The second-order valence-corrected chi connectivity index (χ2v) is 27.5. The van der Waals surface area contributed by atoms with Crippen LogP contribution in [0.2, 0.25) is 51.4 Å². The molecule has 0 radical (unpaired) electrons. The zero-order chi connectivity index (χ0) is 37.9. The van der Waals surface area contributed by atoms with E-state index in [4.69, 9.17) is 24.3 Å². The molecule has 5 aromatic rings. The highest BCUT2D eigenvalue weighted by Crippen LogP contribution is 2.37. The monoisotopic (exact) mass is 757 g/mol. The largest absolute Gasteiger partial charge is 0.486 e. The van der Waals surface area contributed by atoms with E-state index in [-0.39, 0.29) is 38.9 Å². The number of amides is 1. The van der Waals surface area contributed by atoms with Gasteiger partial charge in [-0.25, -0.2) is 18.9 Å². The predicted molar refractivity (Wildman–Crippen MR) is 212 cm³/mol. The molecule has 3 heterocycles. The molecule has 13 heteroatoms. The first-order chi connectivity index (χ1) is 25.2. The van der Waals surface area contributed by atoms with Crippen molar-refractivity contribution in [2.45, 2.75) is 97.9 Å². The van der Waals surface area contributed by atoms with Crippen molar-refractivity contribution in [3.63, 3.8) is 0 Å². The number of halogens is 1. The van der Waals surface area contributed by atoms with Crippen molar-refractivity contribution < 1.29 is 28.5 Å². The maximum absolute atomic E-state index is 15.6. The number of imidazole rings is 1. The Balaban J connectivity index is 1.38. The molecule has 1 aliphatic rings. The molecule has 0 bridgehead atoms. The first-order valence-corrected chi connectivity index (χ1v) is 25.8. The van der Waals surface area contributed by atoms with Gasteiger partial charge >= 0.3 is 6.09 Å². The molecule has 0 fully saturated rings. The summed E-state index contributed by atoms with van der Waals surface area (Å²) in [7, 11) is -2.64. The molecule has 1 N–H and O–H groups in total. The molecule has 0 saturated heterocycles. The van der Waals surface area contributed by atoms with Gasteiger partial charge in [-0.05, 0) is 65.0 Å². The van der Waals surface area contributed by atoms with Crippen molar-refractivity contribution in [3.05, 3.63) is 89.0 Å². The number of hydrogen-bond acceptors (Lipinski definition) is 6. The normalized spacial score (nSPS) is 13.2. The Hall–Kier alpha value is -4.31. The number of fused-ring (bicyclic) bond motifs is 2. The summed E-state index contributed by atoms with van der Waals surface area (Å²) in [4.78, 5) is 18.3. The maximum atomic E-state index is 15.6. The fraction of sp³-hybridized carbons (Fsp3) is 0.425. The van der Waals surface area contributed by atoms with Crippen molar-refractivity contribution in [2.24, 2.45) is 0 Å². The topological polar surface area (TPSA) is 104 Å². The summed E-state index contributed by atoms with van der Waals surface area (Å²) in [5.74, 6) is 0.442. The van der Waals surface area contributed by atoms with Crippen LogP contribution in [0.3, 0.4) is 0 Å². The lowest BCUT2D eigenvalue weighted by Crippen LogP contribution is -2.25. The standard InChI is InChI=1S/C40H52FN5O5Si2/c1-8-29-21-37(51-25-28-12-10-9-11-13-28)33(41)22-32(29)30-14-15-31-35(20-30)46(27-50-17-19-53(5,6)7)43-38(31)39-42-34-23-44(40(47)48)24-36(34)45(39)26-49-16-18-52(2,3)4/h9-15,20-22H,8,16-19,23-27H2,1-7H3,(H,47,48). The van der Waals surface area contributed by atoms with E-state index in [0.29, 0.717) is 36.8 Å². The fourth-order valence-corrected chi connectivity index (χ4v) is 7.90. The highest BCUT2D eigenvalue weighted by atomic mass is 28.3. The number of carbonyl (C=O) groups is 1. The van der Waals surface area contributed by atoms with Crippen LogP contribution in [0.25, 0.3) is 33.5 Å². The van der Waals surface area contributed by atoms with Gasteiger partial charge in [-0.2, -0.15) is 5.10 Å². The van der Waals surface area contributed by atoms with E-state index in [9.17, 15) is 9.90 Å². The Bertz CT molecular complexity index is 2070. The van der Waals surface area contributed by atoms with Crippen LogP contribution in [0.5, 0.6) is 5.75 Å². The number of nitrogens with zero attached hydrogens (tertiary/aromatic N) is 5. The molecule has 1 amide bonds. The highest BCUT2D eigenvalue weighted by Gasteiger charge is 2.32. The third-order valence-electron chi connectivity index (χ3n) is 9.58. The third kappa shape index (κ3) is 9.26. The van der Waals surface area contributed by atoms with Crippen molar-refractivity contribution in [1.82, 2.24) is 24.2 Å². The number of ether oxygens (including phenoxy) is 3. The van der Waals surface area contributed by atoms with E-state index in [2.05, 4.69) is 46.2 Å². The van der Waals surface area contributed by atoms with E-state index in [0.717, 1.165) is 50.9 Å². The van der Waals surface area contributed by atoms with Crippen molar-refractivity contribution in [1.29, 1.82) is 0 Å². The average Bonchev–Trinajstić information content (AvgIpc) is 3.79. The van der Waals surface area contributed by atoms with Gasteiger partial charge in [0.25, 0.3) is 0 Å². The third-order valence-corrected chi connectivity index (χ3v) is 13.0. The van der Waals surface area contributed by atoms with E-state index < -0.39 is 28.1 Å². The van der Waals surface area contributed by atoms with E-state index in [1.807, 2.05) is 57.8 Å². The molecule has 0 spiro atoms. The molecule has 1 aliphatic heterocycles. The number of aryl methyl sites for hydroxylation is 1. The minimum Gasteiger partial charge on any atom is -0.486 e. The molecule has 0 aliphatic carbocycles. The summed E-state index contributed by atoms with van der Waals surface area (Å²) in [6.07, 6.45) is -0.291. The molecular weight excluding hydrogens is 706 g/mol. The maximum Gasteiger partial charge on any atom is 0.408 e. The van der Waals surface area contributed by atoms with Gasteiger partial charge in [0, 0.05) is 34.7 Å². The van der Waals surface area contributed by atoms with Crippen LogP contribution in [-0.2, 0) is 49.1 Å². The summed E-state index contributed by atoms with van der Waals surface area (Å²) < 4.78 is 37.9. The Morgan fingerprint density at radius 2 is 1.60 bits per heavy atom. The van der Waals surface area contributed by atoms with Gasteiger partial charge in [0.15, 0.2) is 17.4 Å². The number of aromatic nitrogens is 4. The number of hydrogen-bond donors (Lipinski definition) is 1. The van der Waals surface area contributed by atoms with E-state index in [1.54, 1.807) is 12.1 Å². The van der Waals surface area contributed by atoms with Crippen LogP contribution >= 0.6 is 0 Å². The van der Waals surface area contributed by atoms with Crippen LogP contribution in [-0.4, -0.2) is 64.8 Å². The van der Waals surface area contributed by atoms with Crippen LogP contribution in [0, 0.1) is 5.82 Å². The van der Waals surface area contributed by atoms with Crippen molar-refractivity contribution in [3.8, 4) is 28.4 Å². The number of rotatable bonds is 16. The van der Waals surface area contributed by atoms with Gasteiger partial charge < -0.3 is 23.9 Å². The molecule has 3 aromatic carbocycles. The zero-order valence-electron chi connectivity index (χ0n) is 32.0. The van der Waals surface area contributed by atoms with Crippen LogP contribution in [0.4, 0.5) is 9.18 Å². The van der Waals surface area contributed by atoms with Gasteiger partial charge in [-0.15, -0.1) is 0 Å². The summed E-state index contributed by atoms with van der Waals surface area (Å²) in [6, 6.07) is 21.2. The summed E-state index contributed by atoms with van der Waals surface area (Å²) in [5.41, 5.74) is 6.61. The quantitative estimate of drug-likeness (QED) is 0.0790. The summed E-state index contributed by atoms with van der Waals surface area (Å²) >= 11 is 0. The molecule has 2 aromatic heterocycles. The SMILES string of the molecule is CCc1cc(OCc2ccccc2)c(F)cc1-c1ccc2c(-c3nc4c(n3COCC[Si](C)(C)C)CN(C(=O)O)C4)nn(COCC[Si](C)(C)C)c2c1. The van der Waals surface area contributed by atoms with Gasteiger partial charge in [0.05, 0.1) is 30.0 Å². The Labute approximate surface area is 313 Å². The fourth-order valence-electron chi connectivity index (χ4n) is 6.38. The van der Waals surface area contributed by atoms with Crippen LogP contribution in [0.15, 0.2) is 60.7 Å². The van der Waals surface area contributed by atoms with Crippen LogP contribution < -0.4 is 4.74 Å². The molecule has 0 saturated carbocycles. The second kappa shape index (κ2) is 16.0. The zero-order valence-corrected chi connectivity index (χ0v) is 34.0. The van der Waals surface area contributed by atoms with E-state index in [1.165, 1.54) is 4.90 Å². The Kier molecular flexibility index (Phi) is 11.6. The minimum atomic E-state index is -1.32. The molecule has 10 nitrogen and oxygen atoms in total. The van der Waals surface area contributed by atoms with Crippen molar-refractivity contribution in [2.75, 3.05) is 13.2 Å². The van der Waals surface area contributed by atoms with Gasteiger partial charge in [-0.1, -0.05) is 82.6 Å². The van der Waals surface area contributed by atoms with E-state index >= 15 is 4.39 Å². The van der Waals surface area contributed by atoms with Crippen molar-refractivity contribution >= 4 is 33.1 Å². The van der Waals surface area contributed by atoms with Gasteiger partial charge in [0.1, 0.15) is 25.8 Å². The molecule has 0 atom stereocenters. The van der Waals surface area contributed by atoms with Gasteiger partial charge in [-0.3, -0.25) is 4.90 Å². The molecule has 0 unspecified atom stereocenters. The molecule has 282 valence electrons. The number of carboxylic acid groups (broad SMARTS) is 1. The first-order valence-electron chi connectivity index (χ1n) is 18.4. The lowest BCUT2D eigenvalue weighted by molar-refractivity contribution is 0.0813. The smallest absolute Gasteiger partial charge is 0.408 e.